The Bertz CT molecular complexity index is 95.8. The van der Waals surface area contributed by atoms with Crippen molar-refractivity contribution in [3.05, 3.63) is 0 Å². The van der Waals surface area contributed by atoms with Crippen molar-refractivity contribution in [2.24, 2.45) is 0 Å². The zero-order valence-electron chi connectivity index (χ0n) is 8.25. The highest BCUT2D eigenvalue weighted by molar-refractivity contribution is 4.60. The molecular weight excluding hydrogens is 156 g/mol. The molecule has 0 spiro atoms. The van der Waals surface area contributed by atoms with E-state index < -0.39 is 0 Å². The van der Waals surface area contributed by atoms with Crippen molar-refractivity contribution in [3.63, 3.8) is 0 Å². The van der Waals surface area contributed by atoms with Crippen LogP contribution in [0.25, 0.3) is 0 Å². The number of rotatable bonds is 7. The Morgan fingerprint density at radius 3 is 2.50 bits per heavy atom. The van der Waals surface area contributed by atoms with Gasteiger partial charge >= 0.3 is 0 Å². The minimum atomic E-state index is -0.255. The molecule has 0 aliphatic heterocycles. The molecule has 0 amide bonds. The van der Waals surface area contributed by atoms with Gasteiger partial charge in [-0.3, -0.25) is 0 Å². The second kappa shape index (κ2) is 7.53. The van der Waals surface area contributed by atoms with E-state index in [9.17, 15) is 5.11 Å². The molecule has 0 heterocycles. The average molecular weight is 176 g/mol. The third-order valence-electron chi connectivity index (χ3n) is 1.89. The van der Waals surface area contributed by atoms with E-state index in [0.717, 1.165) is 19.4 Å². The van der Waals surface area contributed by atoms with Gasteiger partial charge < -0.3 is 14.6 Å². The molecule has 1 N–H and O–H groups in total. The lowest BCUT2D eigenvalue weighted by molar-refractivity contribution is 0.0484. The number of ether oxygens (including phenoxy) is 2. The van der Waals surface area contributed by atoms with Gasteiger partial charge in [0, 0.05) is 20.8 Å². The Hall–Kier alpha value is -0.120. The molecule has 3 nitrogen and oxygen atoms in total. The summed E-state index contributed by atoms with van der Waals surface area (Å²) in [5, 5.41) is 9.44. The number of methoxy groups -OCH3 is 2. The Balaban J connectivity index is 3.26. The van der Waals surface area contributed by atoms with Gasteiger partial charge in [-0.05, 0) is 26.2 Å². The van der Waals surface area contributed by atoms with Crippen LogP contribution < -0.4 is 0 Å². The molecule has 0 aromatic rings. The second-order valence-corrected chi connectivity index (χ2v) is 3.07. The van der Waals surface area contributed by atoms with Crippen molar-refractivity contribution < 1.29 is 14.6 Å². The summed E-state index contributed by atoms with van der Waals surface area (Å²) >= 11 is 0. The summed E-state index contributed by atoms with van der Waals surface area (Å²) in [7, 11) is 3.33. The molecule has 0 bridgehead atoms. The minimum absolute atomic E-state index is 0.141. The van der Waals surface area contributed by atoms with E-state index in [2.05, 4.69) is 0 Å². The Labute approximate surface area is 74.7 Å². The maximum atomic E-state index is 9.44. The Morgan fingerprint density at radius 2 is 2.00 bits per heavy atom. The summed E-state index contributed by atoms with van der Waals surface area (Å²) in [6.07, 6.45) is 2.30. The molecule has 0 aliphatic carbocycles. The standard InChI is InChI=1S/C9H20O3/c1-8(12-3)7-9(10)5-4-6-11-2/h8-10H,4-7H2,1-3H3. The Kier molecular flexibility index (Phi) is 7.45. The van der Waals surface area contributed by atoms with Crippen molar-refractivity contribution in [1.29, 1.82) is 0 Å². The highest BCUT2D eigenvalue weighted by atomic mass is 16.5. The molecule has 0 aliphatic rings. The monoisotopic (exact) mass is 176 g/mol. The van der Waals surface area contributed by atoms with Crippen LogP contribution in [-0.4, -0.2) is 38.1 Å². The fraction of sp³-hybridized carbons (Fsp3) is 1.00. The first-order valence-electron chi connectivity index (χ1n) is 4.40. The zero-order chi connectivity index (χ0) is 9.40. The third-order valence-corrected chi connectivity index (χ3v) is 1.89. The van der Waals surface area contributed by atoms with Gasteiger partial charge in [0.05, 0.1) is 12.2 Å². The van der Waals surface area contributed by atoms with Crippen molar-refractivity contribution >= 4 is 0 Å². The van der Waals surface area contributed by atoms with Crippen molar-refractivity contribution in [2.75, 3.05) is 20.8 Å². The van der Waals surface area contributed by atoms with Crippen LogP contribution in [0.3, 0.4) is 0 Å². The van der Waals surface area contributed by atoms with E-state index in [1.165, 1.54) is 0 Å². The van der Waals surface area contributed by atoms with E-state index in [0.29, 0.717) is 6.42 Å². The van der Waals surface area contributed by atoms with Gasteiger partial charge in [-0.1, -0.05) is 0 Å². The zero-order valence-corrected chi connectivity index (χ0v) is 8.25. The molecule has 74 valence electrons. The Morgan fingerprint density at radius 1 is 1.33 bits per heavy atom. The maximum Gasteiger partial charge on any atom is 0.0567 e. The number of aliphatic hydroxyl groups excluding tert-OH is 1. The lowest BCUT2D eigenvalue weighted by Crippen LogP contribution is -2.17. The van der Waals surface area contributed by atoms with E-state index >= 15 is 0 Å². The van der Waals surface area contributed by atoms with E-state index in [1.807, 2.05) is 6.92 Å². The predicted octanol–water partition coefficient (Wildman–Crippen LogP) is 1.20. The minimum Gasteiger partial charge on any atom is -0.393 e. The van der Waals surface area contributed by atoms with Crippen LogP contribution in [0, 0.1) is 0 Å². The van der Waals surface area contributed by atoms with E-state index in [4.69, 9.17) is 9.47 Å². The van der Waals surface area contributed by atoms with Gasteiger partial charge in [-0.25, -0.2) is 0 Å². The topological polar surface area (TPSA) is 38.7 Å². The number of hydrogen-bond donors (Lipinski definition) is 1. The quantitative estimate of drug-likeness (QED) is 0.592. The van der Waals surface area contributed by atoms with E-state index in [-0.39, 0.29) is 12.2 Å². The van der Waals surface area contributed by atoms with E-state index in [1.54, 1.807) is 14.2 Å². The normalized spacial score (nSPS) is 16.0. The molecule has 3 heteroatoms. The number of aliphatic hydroxyl groups is 1. The highest BCUT2D eigenvalue weighted by Gasteiger charge is 2.08. The smallest absolute Gasteiger partial charge is 0.0567 e. The molecular formula is C9H20O3. The third kappa shape index (κ3) is 6.58. The molecule has 0 saturated heterocycles. The van der Waals surface area contributed by atoms with Gasteiger partial charge in [-0.2, -0.15) is 0 Å². The lowest BCUT2D eigenvalue weighted by Gasteiger charge is -2.14. The SMILES string of the molecule is COCCCC(O)CC(C)OC. The van der Waals surface area contributed by atoms with Crippen molar-refractivity contribution in [2.45, 2.75) is 38.4 Å². The van der Waals surface area contributed by atoms with Crippen LogP contribution >= 0.6 is 0 Å². The largest absolute Gasteiger partial charge is 0.393 e. The average Bonchev–Trinajstić information content (AvgIpc) is 2.05. The molecule has 0 saturated carbocycles. The molecule has 0 aromatic heterocycles. The van der Waals surface area contributed by atoms with Crippen LogP contribution in [0.1, 0.15) is 26.2 Å². The van der Waals surface area contributed by atoms with Crippen molar-refractivity contribution in [3.8, 4) is 0 Å². The highest BCUT2D eigenvalue weighted by Crippen LogP contribution is 2.06. The summed E-state index contributed by atoms with van der Waals surface area (Å²) in [6.45, 7) is 2.68. The fourth-order valence-corrected chi connectivity index (χ4v) is 1.06. The molecule has 0 fully saturated rings. The van der Waals surface area contributed by atoms with Gasteiger partial charge in [0.1, 0.15) is 0 Å². The van der Waals surface area contributed by atoms with Crippen LogP contribution in [0.2, 0.25) is 0 Å². The first-order valence-corrected chi connectivity index (χ1v) is 4.40. The van der Waals surface area contributed by atoms with Gasteiger partial charge in [0.15, 0.2) is 0 Å². The molecule has 12 heavy (non-hydrogen) atoms. The summed E-state index contributed by atoms with van der Waals surface area (Å²) in [5.41, 5.74) is 0. The molecule has 0 aromatic carbocycles. The second-order valence-electron chi connectivity index (χ2n) is 3.07. The summed E-state index contributed by atoms with van der Waals surface area (Å²) in [6, 6.07) is 0. The first kappa shape index (κ1) is 11.9. The van der Waals surface area contributed by atoms with Gasteiger partial charge in [-0.15, -0.1) is 0 Å². The van der Waals surface area contributed by atoms with Gasteiger partial charge in [0.25, 0.3) is 0 Å². The molecule has 0 rings (SSSR count). The molecule has 2 unspecified atom stereocenters. The summed E-state index contributed by atoms with van der Waals surface area (Å²) in [4.78, 5) is 0. The van der Waals surface area contributed by atoms with Crippen LogP contribution in [0.4, 0.5) is 0 Å². The first-order chi connectivity index (χ1) is 5.70. The molecule has 0 radical (unpaired) electrons. The summed E-state index contributed by atoms with van der Waals surface area (Å²) < 4.78 is 9.92. The van der Waals surface area contributed by atoms with Crippen LogP contribution in [0.15, 0.2) is 0 Å². The summed E-state index contributed by atoms with van der Waals surface area (Å²) in [5.74, 6) is 0. The maximum absolute atomic E-state index is 9.44. The van der Waals surface area contributed by atoms with Gasteiger partial charge in [0.2, 0.25) is 0 Å². The predicted molar refractivity (Wildman–Crippen MR) is 48.2 cm³/mol. The fourth-order valence-electron chi connectivity index (χ4n) is 1.06. The van der Waals surface area contributed by atoms with Crippen LogP contribution in [0.5, 0.6) is 0 Å². The van der Waals surface area contributed by atoms with Crippen molar-refractivity contribution in [1.82, 2.24) is 0 Å². The number of hydrogen-bond acceptors (Lipinski definition) is 3. The molecule has 2 atom stereocenters. The van der Waals surface area contributed by atoms with Crippen LogP contribution in [-0.2, 0) is 9.47 Å². The lowest BCUT2D eigenvalue weighted by atomic mass is 10.1.